The molecular weight excluding hydrogens is 168 g/mol. The first-order valence-corrected chi connectivity index (χ1v) is 6.66. The summed E-state index contributed by atoms with van der Waals surface area (Å²) in [6.45, 7) is 7.32. The van der Waals surface area contributed by atoms with Gasteiger partial charge in [-0.15, -0.1) is 0 Å². The van der Waals surface area contributed by atoms with Gasteiger partial charge in [0, 0.05) is 0 Å². The number of rotatable bonds is 2. The first kappa shape index (κ1) is 12.1. The summed E-state index contributed by atoms with van der Waals surface area (Å²) in [6.07, 6.45) is 13.1. The molecule has 0 amide bonds. The summed E-state index contributed by atoms with van der Waals surface area (Å²) in [5.41, 5.74) is 0.665. The summed E-state index contributed by atoms with van der Waals surface area (Å²) in [6, 6.07) is 0. The molecular formula is C14H28. The molecule has 0 bridgehead atoms. The van der Waals surface area contributed by atoms with Gasteiger partial charge in [-0.3, -0.25) is 0 Å². The Morgan fingerprint density at radius 1 is 1.14 bits per heavy atom. The van der Waals surface area contributed by atoms with Crippen LogP contribution in [0.25, 0.3) is 0 Å². The highest BCUT2D eigenvalue weighted by molar-refractivity contribution is 4.77. The number of hydrogen-bond acceptors (Lipinski definition) is 0. The molecule has 1 aliphatic rings. The summed E-state index contributed by atoms with van der Waals surface area (Å²) in [4.78, 5) is 0. The second-order valence-electron chi connectivity index (χ2n) is 5.82. The molecule has 0 N–H and O–H groups in total. The van der Waals surface area contributed by atoms with Crippen LogP contribution in [0.3, 0.4) is 0 Å². The molecule has 0 heteroatoms. The summed E-state index contributed by atoms with van der Waals surface area (Å²) in [5.74, 6) is 0.963. The lowest BCUT2D eigenvalue weighted by atomic mass is 9.74. The smallest absolute Gasteiger partial charge is 0.0323 e. The van der Waals surface area contributed by atoms with E-state index in [2.05, 4.69) is 20.8 Å². The average molecular weight is 196 g/mol. The van der Waals surface area contributed by atoms with E-state index in [4.69, 9.17) is 0 Å². The maximum atomic E-state index is 2.53. The molecule has 0 radical (unpaired) electrons. The van der Waals surface area contributed by atoms with Crippen LogP contribution in [0, 0.1) is 11.3 Å². The van der Waals surface area contributed by atoms with Crippen LogP contribution in [0.4, 0.5) is 0 Å². The lowest BCUT2D eigenvalue weighted by Crippen LogP contribution is -2.19. The standard InChI is InChI=1S/C14H28/c1-4-10-14(3)11-8-6-5-7-9-13(2)12-14/h13H,4-12H2,1-3H3. The zero-order valence-electron chi connectivity index (χ0n) is 10.4. The van der Waals surface area contributed by atoms with Crippen molar-refractivity contribution in [3.63, 3.8) is 0 Å². The average Bonchev–Trinajstić information content (AvgIpc) is 2.17. The van der Waals surface area contributed by atoms with E-state index in [1.165, 1.54) is 57.8 Å². The minimum absolute atomic E-state index is 0.665. The Balaban J connectivity index is 2.51. The zero-order chi connectivity index (χ0) is 10.4. The van der Waals surface area contributed by atoms with E-state index in [-0.39, 0.29) is 0 Å². The SMILES string of the molecule is CCCC1(C)CCCCCCC(C)C1. The van der Waals surface area contributed by atoms with Gasteiger partial charge in [-0.25, -0.2) is 0 Å². The van der Waals surface area contributed by atoms with Crippen molar-refractivity contribution < 1.29 is 0 Å². The van der Waals surface area contributed by atoms with Gasteiger partial charge in [-0.05, 0) is 30.6 Å². The Labute approximate surface area is 90.5 Å². The van der Waals surface area contributed by atoms with Crippen LogP contribution in [-0.2, 0) is 0 Å². The van der Waals surface area contributed by atoms with Gasteiger partial charge in [0.2, 0.25) is 0 Å². The molecule has 2 atom stereocenters. The Morgan fingerprint density at radius 2 is 1.86 bits per heavy atom. The largest absolute Gasteiger partial charge is 0.0654 e. The highest BCUT2D eigenvalue weighted by atomic mass is 14.3. The fourth-order valence-corrected chi connectivity index (χ4v) is 3.27. The van der Waals surface area contributed by atoms with Gasteiger partial charge in [0.1, 0.15) is 0 Å². The summed E-state index contributed by atoms with van der Waals surface area (Å²) >= 11 is 0. The predicted octanol–water partition coefficient (Wildman–Crippen LogP) is 5.17. The van der Waals surface area contributed by atoms with E-state index >= 15 is 0 Å². The van der Waals surface area contributed by atoms with E-state index in [1.807, 2.05) is 0 Å². The Bertz CT molecular complexity index is 150. The maximum Gasteiger partial charge on any atom is -0.0323 e. The highest BCUT2D eigenvalue weighted by Crippen LogP contribution is 2.39. The molecule has 14 heavy (non-hydrogen) atoms. The van der Waals surface area contributed by atoms with Crippen LogP contribution in [0.15, 0.2) is 0 Å². The van der Waals surface area contributed by atoms with Crippen molar-refractivity contribution in [3.8, 4) is 0 Å². The molecule has 0 aromatic rings. The minimum Gasteiger partial charge on any atom is -0.0654 e. The molecule has 1 rings (SSSR count). The molecule has 84 valence electrons. The van der Waals surface area contributed by atoms with Gasteiger partial charge in [-0.1, -0.05) is 59.3 Å². The summed E-state index contributed by atoms with van der Waals surface area (Å²) in [5, 5.41) is 0. The molecule has 0 saturated heterocycles. The van der Waals surface area contributed by atoms with Crippen LogP contribution >= 0.6 is 0 Å². The molecule has 0 heterocycles. The fourth-order valence-electron chi connectivity index (χ4n) is 3.27. The molecule has 0 aromatic heterocycles. The third kappa shape index (κ3) is 4.02. The maximum absolute atomic E-state index is 2.53. The molecule has 1 saturated carbocycles. The monoisotopic (exact) mass is 196 g/mol. The minimum atomic E-state index is 0.665. The molecule has 0 nitrogen and oxygen atoms in total. The van der Waals surface area contributed by atoms with Crippen molar-refractivity contribution in [1.29, 1.82) is 0 Å². The van der Waals surface area contributed by atoms with Crippen LogP contribution in [0.5, 0.6) is 0 Å². The van der Waals surface area contributed by atoms with Crippen molar-refractivity contribution in [2.75, 3.05) is 0 Å². The Hall–Kier alpha value is 0. The first-order chi connectivity index (χ1) is 6.66. The third-order valence-electron chi connectivity index (χ3n) is 3.92. The zero-order valence-corrected chi connectivity index (χ0v) is 10.4. The Kier molecular flexibility index (Phi) is 4.98. The topological polar surface area (TPSA) is 0 Å². The van der Waals surface area contributed by atoms with Crippen molar-refractivity contribution in [2.24, 2.45) is 11.3 Å². The van der Waals surface area contributed by atoms with Crippen LogP contribution < -0.4 is 0 Å². The second-order valence-corrected chi connectivity index (χ2v) is 5.82. The summed E-state index contributed by atoms with van der Waals surface area (Å²) in [7, 11) is 0. The quantitative estimate of drug-likeness (QED) is 0.571. The van der Waals surface area contributed by atoms with Crippen LogP contribution in [0.1, 0.15) is 78.6 Å². The lowest BCUT2D eigenvalue weighted by molar-refractivity contribution is 0.203. The first-order valence-electron chi connectivity index (χ1n) is 6.66. The third-order valence-corrected chi connectivity index (χ3v) is 3.92. The molecule has 0 aliphatic heterocycles. The van der Waals surface area contributed by atoms with Gasteiger partial charge in [0.15, 0.2) is 0 Å². The van der Waals surface area contributed by atoms with Gasteiger partial charge in [0.05, 0.1) is 0 Å². The van der Waals surface area contributed by atoms with E-state index in [9.17, 15) is 0 Å². The van der Waals surface area contributed by atoms with Crippen molar-refractivity contribution in [1.82, 2.24) is 0 Å². The molecule has 0 aromatic carbocycles. The summed E-state index contributed by atoms with van der Waals surface area (Å²) < 4.78 is 0. The van der Waals surface area contributed by atoms with Crippen molar-refractivity contribution in [2.45, 2.75) is 78.6 Å². The van der Waals surface area contributed by atoms with Crippen LogP contribution in [0.2, 0.25) is 0 Å². The number of hydrogen-bond donors (Lipinski definition) is 0. The van der Waals surface area contributed by atoms with Crippen molar-refractivity contribution in [3.05, 3.63) is 0 Å². The van der Waals surface area contributed by atoms with Gasteiger partial charge < -0.3 is 0 Å². The van der Waals surface area contributed by atoms with Crippen molar-refractivity contribution >= 4 is 0 Å². The van der Waals surface area contributed by atoms with E-state index in [0.29, 0.717) is 5.41 Å². The van der Waals surface area contributed by atoms with Gasteiger partial charge in [0.25, 0.3) is 0 Å². The van der Waals surface area contributed by atoms with E-state index < -0.39 is 0 Å². The van der Waals surface area contributed by atoms with Crippen LogP contribution in [-0.4, -0.2) is 0 Å². The van der Waals surface area contributed by atoms with E-state index in [0.717, 1.165) is 5.92 Å². The lowest BCUT2D eigenvalue weighted by Gasteiger charge is -2.31. The Morgan fingerprint density at radius 3 is 2.57 bits per heavy atom. The highest BCUT2D eigenvalue weighted by Gasteiger charge is 2.25. The molecule has 2 unspecified atom stereocenters. The predicted molar refractivity (Wildman–Crippen MR) is 64.5 cm³/mol. The molecule has 1 aliphatic carbocycles. The fraction of sp³-hybridized carbons (Fsp3) is 1.00. The molecule has 0 spiro atoms. The second kappa shape index (κ2) is 5.78. The normalized spacial score (nSPS) is 35.8. The van der Waals surface area contributed by atoms with E-state index in [1.54, 1.807) is 0 Å². The van der Waals surface area contributed by atoms with Gasteiger partial charge in [-0.2, -0.15) is 0 Å². The molecule has 1 fully saturated rings. The van der Waals surface area contributed by atoms with Gasteiger partial charge >= 0.3 is 0 Å².